The molecule has 6 rings (SSSR count). The third kappa shape index (κ3) is 10.7. The first-order chi connectivity index (χ1) is 30.9. The molecule has 0 saturated carbocycles. The number of hydrogen-bond acceptors (Lipinski definition) is 14. The van der Waals surface area contributed by atoms with Gasteiger partial charge in [-0.2, -0.15) is 8.42 Å². The Hall–Kier alpha value is -5.30. The summed E-state index contributed by atoms with van der Waals surface area (Å²) in [5, 5.41) is 0.570. The van der Waals surface area contributed by atoms with E-state index in [9.17, 15) is 36.9 Å². The van der Waals surface area contributed by atoms with E-state index in [1.165, 1.54) is 18.2 Å². The maximum absolute atomic E-state index is 13.8. The van der Waals surface area contributed by atoms with Crippen LogP contribution in [0, 0.1) is 6.92 Å². The van der Waals surface area contributed by atoms with Gasteiger partial charge in [0, 0.05) is 80.2 Å². The van der Waals surface area contributed by atoms with E-state index in [1.54, 1.807) is 32.4 Å². The van der Waals surface area contributed by atoms with Crippen LogP contribution < -0.4 is 31.1 Å². The van der Waals surface area contributed by atoms with Gasteiger partial charge in [0.1, 0.15) is 0 Å². The lowest BCUT2D eigenvalue weighted by Gasteiger charge is -2.30. The molecule has 0 aromatic heterocycles. The monoisotopic (exact) mass is 917 g/mol. The number of aryl methyl sites for hydroxylation is 1. The van der Waals surface area contributed by atoms with Crippen molar-refractivity contribution in [2.24, 2.45) is 0 Å². The average molecular weight is 918 g/mol. The number of carbonyl (C=O) groups is 3. The number of methoxy groups -OCH3 is 2. The van der Waals surface area contributed by atoms with E-state index in [0.717, 1.165) is 22.5 Å². The molecule has 16 nitrogen and oxygen atoms in total. The van der Waals surface area contributed by atoms with Crippen LogP contribution in [0.5, 0.6) is 0 Å². The molecule has 3 aromatic rings. The Morgan fingerprint density at radius 1 is 0.708 bits per heavy atom. The predicted molar refractivity (Wildman–Crippen MR) is 244 cm³/mol. The summed E-state index contributed by atoms with van der Waals surface area (Å²) < 4.78 is 56.8. The zero-order chi connectivity index (χ0) is 47.1. The molecule has 1 N–H and O–H groups in total. The molecule has 350 valence electrons. The molecule has 1 saturated heterocycles. The Morgan fingerprint density at radius 3 is 1.85 bits per heavy atom. The van der Waals surface area contributed by atoms with Gasteiger partial charge in [-0.3, -0.25) is 23.7 Å². The lowest BCUT2D eigenvalue weighted by molar-refractivity contribution is -0.197. The van der Waals surface area contributed by atoms with Crippen molar-refractivity contribution < 1.29 is 51.1 Å². The fraction of sp³-hybridized carbons (Fsp3) is 0.479. The number of anilines is 2. The number of hydroxylamine groups is 2. The number of hydrogen-bond donors (Lipinski definition) is 1. The van der Waals surface area contributed by atoms with Crippen LogP contribution in [-0.2, 0) is 59.1 Å². The van der Waals surface area contributed by atoms with E-state index in [-0.39, 0.29) is 41.2 Å². The van der Waals surface area contributed by atoms with Crippen LogP contribution in [0.1, 0.15) is 82.4 Å². The number of ether oxygens (including phenoxy) is 4. The van der Waals surface area contributed by atoms with Gasteiger partial charge in [0.15, 0.2) is 0 Å². The lowest BCUT2D eigenvalue weighted by atomic mass is 9.77. The minimum atomic E-state index is -4.59. The number of nitrogens with zero attached hydrogens (tertiary/aromatic N) is 3. The zero-order valence-electron chi connectivity index (χ0n) is 38.0. The van der Waals surface area contributed by atoms with Crippen molar-refractivity contribution in [3.63, 3.8) is 0 Å². The summed E-state index contributed by atoms with van der Waals surface area (Å²) in [7, 11) is -1.40. The van der Waals surface area contributed by atoms with Gasteiger partial charge in [-0.05, 0) is 86.4 Å². The number of rotatable bonds is 22. The van der Waals surface area contributed by atoms with E-state index in [1.807, 2.05) is 24.8 Å². The maximum Gasteiger partial charge on any atom is 0.333 e. The number of benzene rings is 2. The van der Waals surface area contributed by atoms with Crippen molar-refractivity contribution in [2.45, 2.75) is 88.4 Å². The van der Waals surface area contributed by atoms with E-state index < -0.39 is 49.6 Å². The van der Waals surface area contributed by atoms with Crippen molar-refractivity contribution in [2.75, 3.05) is 76.8 Å². The molecule has 1 unspecified atom stereocenters. The van der Waals surface area contributed by atoms with E-state index in [2.05, 4.69) is 36.9 Å². The highest BCUT2D eigenvalue weighted by molar-refractivity contribution is 7.85. The zero-order valence-corrected chi connectivity index (χ0v) is 38.8. The molecule has 0 radical (unpaired) electrons. The topological polar surface area (TPSA) is 196 Å². The second-order valence-corrected chi connectivity index (χ2v) is 18.6. The van der Waals surface area contributed by atoms with Gasteiger partial charge in [-0.25, -0.2) is 4.79 Å². The fourth-order valence-electron chi connectivity index (χ4n) is 8.82. The third-order valence-corrected chi connectivity index (χ3v) is 13.2. The first-order valence-corrected chi connectivity index (χ1v) is 23.3. The number of unbranched alkanes of at least 4 members (excludes halogenated alkanes) is 2. The third-order valence-electron chi connectivity index (χ3n) is 12.4. The van der Waals surface area contributed by atoms with E-state index in [4.69, 9.17) is 23.8 Å². The predicted octanol–water partition coefficient (Wildman–Crippen LogP) is 3.63. The molecule has 3 aliphatic heterocycles. The van der Waals surface area contributed by atoms with Crippen LogP contribution in [0.25, 0.3) is 12.2 Å². The smallest absolute Gasteiger partial charge is 0.333 e. The van der Waals surface area contributed by atoms with Gasteiger partial charge in [0.05, 0.1) is 55.0 Å². The van der Waals surface area contributed by atoms with Crippen molar-refractivity contribution in [1.82, 2.24) is 5.06 Å². The van der Waals surface area contributed by atoms with Gasteiger partial charge < -0.3 is 33.6 Å². The number of imide groups is 1. The van der Waals surface area contributed by atoms with Gasteiger partial charge >= 0.3 is 5.97 Å². The molecule has 17 heteroatoms. The second kappa shape index (κ2) is 20.9. The van der Waals surface area contributed by atoms with E-state index in [0.29, 0.717) is 93.8 Å². The molecule has 1 fully saturated rings. The molecule has 3 heterocycles. The maximum atomic E-state index is 13.8. The minimum absolute atomic E-state index is 0.00292. The van der Waals surface area contributed by atoms with E-state index >= 15 is 0 Å². The number of amides is 2. The molecule has 65 heavy (non-hydrogen) atoms. The first kappa shape index (κ1) is 49.1. The average Bonchev–Trinajstić information content (AvgIpc) is 3.78. The molecular formula is C48H59N3O13S. The van der Waals surface area contributed by atoms with Gasteiger partial charge in [-0.1, -0.05) is 44.4 Å². The van der Waals surface area contributed by atoms with Gasteiger partial charge in [-0.15, -0.1) is 5.06 Å². The second-order valence-electron chi connectivity index (χ2n) is 17.2. The van der Waals surface area contributed by atoms with Crippen LogP contribution in [0.2, 0.25) is 0 Å². The summed E-state index contributed by atoms with van der Waals surface area (Å²) in [6.45, 7) is 11.4. The first-order valence-electron chi connectivity index (χ1n) is 21.9. The van der Waals surface area contributed by atoms with Crippen molar-refractivity contribution in [3.05, 3.63) is 108 Å². The quantitative estimate of drug-likeness (QED) is 0.0872. The van der Waals surface area contributed by atoms with Crippen LogP contribution in [-0.4, -0.2) is 103 Å². The summed E-state index contributed by atoms with van der Waals surface area (Å²) >= 11 is 0. The Balaban J connectivity index is 1.32. The van der Waals surface area contributed by atoms with Crippen molar-refractivity contribution in [1.29, 1.82) is 0 Å². The van der Waals surface area contributed by atoms with Crippen LogP contribution in [0.15, 0.2) is 74.4 Å². The largest absolute Gasteiger partial charge is 0.382 e. The molecule has 2 amide bonds. The lowest BCUT2D eigenvalue weighted by Crippen LogP contribution is -2.64. The Labute approximate surface area is 379 Å². The summed E-state index contributed by atoms with van der Waals surface area (Å²) in [5.74, 6) is -1.82. The fourth-order valence-corrected chi connectivity index (χ4v) is 9.32. The number of allylic oxidation sites excluding steroid dienone is 4. The van der Waals surface area contributed by atoms with Crippen LogP contribution in [0.4, 0.5) is 11.4 Å². The molecule has 3 aliphatic rings. The molecule has 0 spiro atoms. The number of fused-ring (bicyclic) bond motifs is 2. The summed E-state index contributed by atoms with van der Waals surface area (Å²) in [6, 6.07) is 10.7. The van der Waals surface area contributed by atoms with Gasteiger partial charge in [0.2, 0.25) is 10.9 Å². The highest BCUT2D eigenvalue weighted by Gasteiger charge is 2.44. The normalized spacial score (nSPS) is 19.2. The summed E-state index contributed by atoms with van der Waals surface area (Å²) in [5.41, 5.74) is 3.96. The highest BCUT2D eigenvalue weighted by Crippen LogP contribution is 2.51. The van der Waals surface area contributed by atoms with Crippen LogP contribution >= 0.6 is 0 Å². The summed E-state index contributed by atoms with van der Waals surface area (Å²) in [6.07, 6.45) is 8.46. The SMILES string of the molecule is COCCOCCN1C(=CC=c2c(=O)c(=CC=C3N(CCOCCOC)c4ccc(S(=O)(=O)O)cc4C3(C)CCCCCC(=O)ON3C(=O)CCC3=O)c2=O)C(C)(C)c2cc(C)ccc21. The van der Waals surface area contributed by atoms with Crippen molar-refractivity contribution in [3.8, 4) is 0 Å². The Morgan fingerprint density at radius 2 is 1.26 bits per heavy atom. The molecule has 1 atom stereocenters. The molecular weight excluding hydrogens is 859 g/mol. The number of carbonyl (C=O) groups excluding carboxylic acids is 3. The molecule has 3 aromatic carbocycles. The highest BCUT2D eigenvalue weighted by atomic mass is 32.2. The standard InChI is InChI=1S/C48H59N3O13S/c1-32-11-15-38-36(30-32)47(2,3)40(49(38)22-24-62-28-26-60-5)17-13-34-45(55)35(46(34)56)14-18-41-48(4,21-9-7-8-10-44(54)64-51-42(52)19-20-43(51)53)37-31-33(65(57,58)59)12-16-39(37)50(41)23-25-63-29-27-61-6/h11-18,30-31H,7-10,19-29H2,1-6H3,(H,57,58,59). The van der Waals surface area contributed by atoms with Crippen molar-refractivity contribution >= 4 is 51.4 Å². The molecule has 0 bridgehead atoms. The Kier molecular flexibility index (Phi) is 15.8. The Bertz CT molecular complexity index is 2620. The van der Waals surface area contributed by atoms with Crippen LogP contribution in [0.3, 0.4) is 0 Å². The summed E-state index contributed by atoms with van der Waals surface area (Å²) in [4.78, 5) is 72.8. The van der Waals surface area contributed by atoms with Gasteiger partial charge in [0.25, 0.3) is 21.9 Å². The molecule has 0 aliphatic carbocycles. The minimum Gasteiger partial charge on any atom is -0.382 e.